The van der Waals surface area contributed by atoms with Crippen LogP contribution in [-0.2, 0) is 6.42 Å². The highest BCUT2D eigenvalue weighted by Crippen LogP contribution is 2.12. The van der Waals surface area contributed by atoms with Gasteiger partial charge in [-0.2, -0.15) is 0 Å². The van der Waals surface area contributed by atoms with E-state index in [0.29, 0.717) is 6.54 Å². The monoisotopic (exact) mass is 262 g/mol. The van der Waals surface area contributed by atoms with Crippen LogP contribution in [0.15, 0.2) is 42.7 Å². The molecule has 0 aliphatic carbocycles. The molecule has 1 aromatic carbocycles. The van der Waals surface area contributed by atoms with E-state index in [9.17, 15) is 8.78 Å². The predicted molar refractivity (Wildman–Crippen MR) is 70.7 cm³/mol. The van der Waals surface area contributed by atoms with Crippen LogP contribution in [0.3, 0.4) is 0 Å². The average molecular weight is 262 g/mol. The van der Waals surface area contributed by atoms with Gasteiger partial charge in [0, 0.05) is 12.2 Å². The molecule has 0 spiro atoms. The molecule has 1 N–H and O–H groups in total. The van der Waals surface area contributed by atoms with Crippen LogP contribution in [0, 0.1) is 11.6 Å². The van der Waals surface area contributed by atoms with E-state index in [-0.39, 0.29) is 17.7 Å². The summed E-state index contributed by atoms with van der Waals surface area (Å²) in [4.78, 5) is 3.82. The highest BCUT2D eigenvalue weighted by molar-refractivity contribution is 5.17. The molecule has 0 amide bonds. The second kappa shape index (κ2) is 6.38. The second-order valence-electron chi connectivity index (χ2n) is 4.49. The van der Waals surface area contributed by atoms with Gasteiger partial charge in [0.05, 0.1) is 6.20 Å². The molecule has 0 saturated carbocycles. The molecule has 2 nitrogen and oxygen atoms in total. The molecule has 1 heterocycles. The van der Waals surface area contributed by atoms with Crippen LogP contribution in [0.1, 0.15) is 24.1 Å². The van der Waals surface area contributed by atoms with Gasteiger partial charge in [-0.15, -0.1) is 0 Å². The van der Waals surface area contributed by atoms with Gasteiger partial charge >= 0.3 is 0 Å². The molecule has 2 aromatic rings. The Kier molecular flexibility index (Phi) is 4.58. The Morgan fingerprint density at radius 3 is 2.74 bits per heavy atom. The number of hydrogen-bond donors (Lipinski definition) is 1. The number of aromatic nitrogens is 1. The third-order valence-corrected chi connectivity index (χ3v) is 2.98. The Morgan fingerprint density at radius 2 is 2.00 bits per heavy atom. The maximum absolute atomic E-state index is 13.0. The van der Waals surface area contributed by atoms with E-state index >= 15 is 0 Å². The molecule has 0 aliphatic heterocycles. The molecule has 0 saturated heterocycles. The zero-order valence-corrected chi connectivity index (χ0v) is 10.7. The first-order valence-electron chi connectivity index (χ1n) is 6.23. The van der Waals surface area contributed by atoms with Crippen LogP contribution >= 0.6 is 0 Å². The molecule has 2 rings (SSSR count). The zero-order chi connectivity index (χ0) is 13.7. The van der Waals surface area contributed by atoms with Gasteiger partial charge < -0.3 is 5.32 Å². The summed E-state index contributed by atoms with van der Waals surface area (Å²) in [6.07, 6.45) is 3.55. The summed E-state index contributed by atoms with van der Waals surface area (Å²) in [6, 6.07) is 8.02. The first-order chi connectivity index (χ1) is 9.15. The van der Waals surface area contributed by atoms with Gasteiger partial charge in [-0.1, -0.05) is 12.1 Å². The molecule has 4 heteroatoms. The molecule has 100 valence electrons. The number of nitrogens with one attached hydrogen (secondary N) is 1. The Balaban J connectivity index is 1.85. The molecule has 1 atom stereocenters. The van der Waals surface area contributed by atoms with Crippen LogP contribution in [0.4, 0.5) is 8.78 Å². The Morgan fingerprint density at radius 1 is 1.16 bits per heavy atom. The highest BCUT2D eigenvalue weighted by Gasteiger charge is 2.06. The molecule has 19 heavy (non-hydrogen) atoms. The lowest BCUT2D eigenvalue weighted by atomic mass is 10.1. The minimum Gasteiger partial charge on any atom is -0.310 e. The number of nitrogens with zero attached hydrogens (tertiary/aromatic N) is 1. The molecule has 0 bridgehead atoms. The van der Waals surface area contributed by atoms with E-state index in [1.54, 1.807) is 12.3 Å². The summed E-state index contributed by atoms with van der Waals surface area (Å²) in [7, 11) is 0. The summed E-state index contributed by atoms with van der Waals surface area (Å²) in [5, 5.41) is 3.26. The van der Waals surface area contributed by atoms with Crippen molar-refractivity contribution in [3.05, 3.63) is 65.5 Å². The first-order valence-corrected chi connectivity index (χ1v) is 6.23. The average Bonchev–Trinajstić information content (AvgIpc) is 2.38. The third kappa shape index (κ3) is 4.10. The fourth-order valence-electron chi connectivity index (χ4n) is 1.91. The molecule has 0 fully saturated rings. The van der Waals surface area contributed by atoms with Crippen LogP contribution in [0.25, 0.3) is 0 Å². The van der Waals surface area contributed by atoms with E-state index in [0.717, 1.165) is 17.5 Å². The van der Waals surface area contributed by atoms with Gasteiger partial charge in [0.2, 0.25) is 0 Å². The molecule has 1 unspecified atom stereocenters. The van der Waals surface area contributed by atoms with E-state index < -0.39 is 0 Å². The zero-order valence-electron chi connectivity index (χ0n) is 10.7. The number of rotatable bonds is 5. The summed E-state index contributed by atoms with van der Waals surface area (Å²) < 4.78 is 26.0. The van der Waals surface area contributed by atoms with Crippen LogP contribution in [-0.4, -0.2) is 11.5 Å². The van der Waals surface area contributed by atoms with Crippen molar-refractivity contribution in [3.8, 4) is 0 Å². The second-order valence-corrected chi connectivity index (χ2v) is 4.49. The summed E-state index contributed by atoms with van der Waals surface area (Å²) in [5.41, 5.74) is 1.75. The van der Waals surface area contributed by atoms with Crippen molar-refractivity contribution in [1.82, 2.24) is 10.3 Å². The van der Waals surface area contributed by atoms with Crippen LogP contribution < -0.4 is 5.32 Å². The van der Waals surface area contributed by atoms with E-state index in [4.69, 9.17) is 0 Å². The van der Waals surface area contributed by atoms with Crippen molar-refractivity contribution < 1.29 is 8.78 Å². The Labute approximate surface area is 111 Å². The third-order valence-electron chi connectivity index (χ3n) is 2.98. The minimum atomic E-state index is -0.337. The first kappa shape index (κ1) is 13.6. The molecule has 0 radical (unpaired) electrons. The predicted octanol–water partition coefficient (Wildman–Crippen LogP) is 3.25. The van der Waals surface area contributed by atoms with Crippen LogP contribution in [0.2, 0.25) is 0 Å². The van der Waals surface area contributed by atoms with Gasteiger partial charge in [0.15, 0.2) is 0 Å². The maximum Gasteiger partial charge on any atom is 0.141 e. The van der Waals surface area contributed by atoms with Gasteiger partial charge in [-0.05, 0) is 49.2 Å². The number of halogens is 2. The fraction of sp³-hybridized carbons (Fsp3) is 0.267. The van der Waals surface area contributed by atoms with Crippen molar-refractivity contribution in [2.24, 2.45) is 0 Å². The Bertz CT molecular complexity index is 543. The van der Waals surface area contributed by atoms with Crippen molar-refractivity contribution >= 4 is 0 Å². The minimum absolute atomic E-state index is 0.0109. The lowest BCUT2D eigenvalue weighted by Crippen LogP contribution is -2.21. The largest absolute Gasteiger partial charge is 0.310 e. The lowest BCUT2D eigenvalue weighted by Gasteiger charge is -2.13. The normalized spacial score (nSPS) is 12.4. The van der Waals surface area contributed by atoms with Crippen molar-refractivity contribution in [2.75, 3.05) is 6.54 Å². The molecule has 1 aromatic heterocycles. The van der Waals surface area contributed by atoms with Crippen LogP contribution in [0.5, 0.6) is 0 Å². The van der Waals surface area contributed by atoms with E-state index in [1.807, 2.05) is 13.0 Å². The maximum atomic E-state index is 13.0. The Hall–Kier alpha value is -1.81. The van der Waals surface area contributed by atoms with E-state index in [1.165, 1.54) is 24.4 Å². The summed E-state index contributed by atoms with van der Waals surface area (Å²) in [5.74, 6) is -0.559. The van der Waals surface area contributed by atoms with Gasteiger partial charge in [-0.25, -0.2) is 8.78 Å². The fourth-order valence-corrected chi connectivity index (χ4v) is 1.91. The SMILES string of the molecule is CC(NCCc1cccc(F)c1)c1cncc(F)c1. The van der Waals surface area contributed by atoms with Gasteiger partial charge in [-0.3, -0.25) is 4.98 Å². The highest BCUT2D eigenvalue weighted by atomic mass is 19.1. The number of benzene rings is 1. The van der Waals surface area contributed by atoms with Crippen molar-refractivity contribution in [3.63, 3.8) is 0 Å². The van der Waals surface area contributed by atoms with Crippen molar-refractivity contribution in [2.45, 2.75) is 19.4 Å². The molecule has 0 aliphatic rings. The number of pyridine rings is 1. The quantitative estimate of drug-likeness (QED) is 0.894. The van der Waals surface area contributed by atoms with Gasteiger partial charge in [0.25, 0.3) is 0 Å². The van der Waals surface area contributed by atoms with Gasteiger partial charge in [0.1, 0.15) is 11.6 Å². The standard InChI is InChI=1S/C15H16F2N2/c1-11(13-8-15(17)10-18-9-13)19-6-5-12-3-2-4-14(16)7-12/h2-4,7-11,19H,5-6H2,1H3. The number of hydrogen-bond acceptors (Lipinski definition) is 2. The van der Waals surface area contributed by atoms with Crippen molar-refractivity contribution in [1.29, 1.82) is 0 Å². The van der Waals surface area contributed by atoms with E-state index in [2.05, 4.69) is 10.3 Å². The molecular formula is C15H16F2N2. The topological polar surface area (TPSA) is 24.9 Å². The smallest absolute Gasteiger partial charge is 0.141 e. The summed E-state index contributed by atoms with van der Waals surface area (Å²) in [6.45, 7) is 2.64. The molecular weight excluding hydrogens is 246 g/mol. The summed E-state index contributed by atoms with van der Waals surface area (Å²) >= 11 is 0. The lowest BCUT2D eigenvalue weighted by molar-refractivity contribution is 0.561.